The lowest BCUT2D eigenvalue weighted by Gasteiger charge is -2.00. The lowest BCUT2D eigenvalue weighted by molar-refractivity contribution is -0.147. The van der Waals surface area contributed by atoms with Gasteiger partial charge in [0.25, 0.3) is 5.78 Å². The molecule has 0 radical (unpaired) electrons. The number of rotatable bonds is 4. The Kier molecular flexibility index (Phi) is 3.83. The summed E-state index contributed by atoms with van der Waals surface area (Å²) in [6.45, 7) is 1.47. The summed E-state index contributed by atoms with van der Waals surface area (Å²) in [5.74, 6) is -1.63. The molecule has 0 amide bonds. The predicted molar refractivity (Wildman–Crippen MR) is 59.3 cm³/mol. The molecule has 1 rings (SSSR count). The van der Waals surface area contributed by atoms with Gasteiger partial charge >= 0.3 is 5.97 Å². The summed E-state index contributed by atoms with van der Waals surface area (Å²) in [7, 11) is 1.56. The largest absolute Gasteiger partial charge is 0.497 e. The molecule has 0 saturated carbocycles. The van der Waals surface area contributed by atoms with Gasteiger partial charge in [-0.15, -0.1) is 0 Å². The minimum absolute atomic E-state index is 0.192. The quantitative estimate of drug-likeness (QED) is 0.620. The fraction of sp³-hybridized carbons (Fsp3) is 0.167. The van der Waals surface area contributed by atoms with E-state index in [1.165, 1.54) is 13.0 Å². The van der Waals surface area contributed by atoms with Crippen LogP contribution in [0.3, 0.4) is 0 Å². The number of hydrogen-bond donors (Lipinski definition) is 1. The highest BCUT2D eigenvalue weighted by atomic mass is 16.5. The van der Waals surface area contributed by atoms with Crippen LogP contribution in [0.5, 0.6) is 5.75 Å². The highest BCUT2D eigenvalue weighted by molar-refractivity contribution is 6.40. The van der Waals surface area contributed by atoms with E-state index in [1.54, 1.807) is 31.4 Å². The second-order valence-corrected chi connectivity index (χ2v) is 3.23. The second-order valence-electron chi connectivity index (χ2n) is 3.23. The number of carboxylic acids is 1. The minimum atomic E-state index is -1.44. The van der Waals surface area contributed by atoms with E-state index in [1.807, 2.05) is 0 Å². The van der Waals surface area contributed by atoms with Crippen molar-refractivity contribution in [3.05, 3.63) is 35.4 Å². The Morgan fingerprint density at radius 3 is 2.25 bits per heavy atom. The van der Waals surface area contributed by atoms with Crippen molar-refractivity contribution in [2.45, 2.75) is 6.92 Å². The van der Waals surface area contributed by atoms with E-state index < -0.39 is 11.8 Å². The van der Waals surface area contributed by atoms with Gasteiger partial charge in [-0.2, -0.15) is 0 Å². The molecule has 4 nitrogen and oxygen atoms in total. The molecule has 0 saturated heterocycles. The third-order valence-corrected chi connectivity index (χ3v) is 2.05. The van der Waals surface area contributed by atoms with E-state index in [2.05, 4.69) is 0 Å². The molecule has 84 valence electrons. The Morgan fingerprint density at radius 1 is 1.25 bits per heavy atom. The van der Waals surface area contributed by atoms with Crippen LogP contribution in [0.4, 0.5) is 0 Å². The van der Waals surface area contributed by atoms with Crippen LogP contribution in [0.1, 0.15) is 12.5 Å². The van der Waals surface area contributed by atoms with Gasteiger partial charge in [0, 0.05) is 5.57 Å². The van der Waals surface area contributed by atoms with Gasteiger partial charge in [-0.25, -0.2) is 4.79 Å². The van der Waals surface area contributed by atoms with Crippen molar-refractivity contribution in [2.75, 3.05) is 7.11 Å². The van der Waals surface area contributed by atoms with E-state index in [-0.39, 0.29) is 5.57 Å². The summed E-state index contributed by atoms with van der Waals surface area (Å²) in [5, 5.41) is 8.50. The molecule has 0 aliphatic carbocycles. The SMILES string of the molecule is COc1ccc(/C=C(\C)C(=O)C(=O)O)cc1. The van der Waals surface area contributed by atoms with Gasteiger partial charge in [0.05, 0.1) is 7.11 Å². The van der Waals surface area contributed by atoms with Crippen molar-refractivity contribution in [2.24, 2.45) is 0 Å². The molecule has 0 atom stereocenters. The number of ketones is 1. The number of ether oxygens (including phenoxy) is 1. The van der Waals surface area contributed by atoms with E-state index in [0.717, 1.165) is 5.56 Å². The van der Waals surface area contributed by atoms with E-state index >= 15 is 0 Å². The maximum Gasteiger partial charge on any atom is 0.376 e. The fourth-order valence-electron chi connectivity index (χ4n) is 1.18. The predicted octanol–water partition coefficient (Wildman–Crippen LogP) is 1.75. The zero-order valence-corrected chi connectivity index (χ0v) is 9.06. The van der Waals surface area contributed by atoms with Gasteiger partial charge in [0.1, 0.15) is 5.75 Å². The Balaban J connectivity index is 2.90. The van der Waals surface area contributed by atoms with Crippen LogP contribution in [-0.4, -0.2) is 24.0 Å². The van der Waals surface area contributed by atoms with Crippen LogP contribution >= 0.6 is 0 Å². The van der Waals surface area contributed by atoms with Gasteiger partial charge in [-0.1, -0.05) is 12.1 Å². The lowest BCUT2D eigenvalue weighted by Crippen LogP contribution is -2.13. The summed E-state index contributed by atoms with van der Waals surface area (Å²) in [5.41, 5.74) is 0.950. The topological polar surface area (TPSA) is 63.6 Å². The molecule has 0 aliphatic heterocycles. The van der Waals surface area contributed by atoms with Crippen LogP contribution in [-0.2, 0) is 9.59 Å². The highest BCUT2D eigenvalue weighted by Crippen LogP contribution is 2.14. The van der Waals surface area contributed by atoms with Gasteiger partial charge in [-0.05, 0) is 30.7 Å². The third kappa shape index (κ3) is 2.95. The molecule has 0 unspecified atom stereocenters. The van der Waals surface area contributed by atoms with Crippen LogP contribution in [0, 0.1) is 0 Å². The first-order chi connectivity index (χ1) is 7.54. The zero-order chi connectivity index (χ0) is 12.1. The molecule has 1 N–H and O–H groups in total. The molecule has 0 heterocycles. The lowest BCUT2D eigenvalue weighted by atomic mass is 10.1. The van der Waals surface area contributed by atoms with Crippen molar-refractivity contribution in [1.82, 2.24) is 0 Å². The van der Waals surface area contributed by atoms with Crippen LogP contribution < -0.4 is 4.74 Å². The standard InChI is InChI=1S/C12H12O4/c1-8(11(13)12(14)15)7-9-3-5-10(16-2)6-4-9/h3-7H,1-2H3,(H,14,15)/b8-7+. The number of hydrogen-bond acceptors (Lipinski definition) is 3. The molecular weight excluding hydrogens is 208 g/mol. The van der Waals surface area contributed by atoms with Crippen molar-refractivity contribution < 1.29 is 19.4 Å². The van der Waals surface area contributed by atoms with Crippen molar-refractivity contribution in [3.8, 4) is 5.75 Å². The zero-order valence-electron chi connectivity index (χ0n) is 9.06. The molecule has 0 spiro atoms. The second kappa shape index (κ2) is 5.11. The maximum atomic E-state index is 11.1. The van der Waals surface area contributed by atoms with E-state index in [9.17, 15) is 9.59 Å². The number of carbonyl (C=O) groups excluding carboxylic acids is 1. The smallest absolute Gasteiger partial charge is 0.376 e. The number of methoxy groups -OCH3 is 1. The third-order valence-electron chi connectivity index (χ3n) is 2.05. The van der Waals surface area contributed by atoms with Crippen LogP contribution in [0.2, 0.25) is 0 Å². The number of aliphatic carboxylic acids is 1. The normalized spacial score (nSPS) is 11.0. The number of benzene rings is 1. The number of carbonyl (C=O) groups is 2. The molecular formula is C12H12O4. The summed E-state index contributed by atoms with van der Waals surface area (Å²) < 4.78 is 4.98. The minimum Gasteiger partial charge on any atom is -0.497 e. The molecule has 1 aromatic rings. The fourth-order valence-corrected chi connectivity index (χ4v) is 1.18. The maximum absolute atomic E-state index is 11.1. The average Bonchev–Trinajstić information content (AvgIpc) is 2.28. The number of Topliss-reactive ketones (excluding diaryl/α,β-unsaturated/α-hetero) is 1. The number of carboxylic acid groups (broad SMARTS) is 1. The molecule has 16 heavy (non-hydrogen) atoms. The summed E-state index contributed by atoms with van der Waals surface area (Å²) >= 11 is 0. The van der Waals surface area contributed by atoms with Crippen molar-refractivity contribution in [3.63, 3.8) is 0 Å². The van der Waals surface area contributed by atoms with E-state index in [0.29, 0.717) is 5.75 Å². The van der Waals surface area contributed by atoms with Crippen molar-refractivity contribution in [1.29, 1.82) is 0 Å². The molecule has 0 bridgehead atoms. The Labute approximate surface area is 93.2 Å². The Hall–Kier alpha value is -2.10. The van der Waals surface area contributed by atoms with Gasteiger partial charge in [-0.3, -0.25) is 4.79 Å². The first kappa shape index (κ1) is 12.0. The Morgan fingerprint density at radius 2 is 1.81 bits per heavy atom. The first-order valence-electron chi connectivity index (χ1n) is 4.64. The average molecular weight is 220 g/mol. The molecule has 0 aliphatic rings. The summed E-state index contributed by atoms with van der Waals surface area (Å²) in [6.07, 6.45) is 1.52. The summed E-state index contributed by atoms with van der Waals surface area (Å²) in [6, 6.07) is 6.98. The van der Waals surface area contributed by atoms with Gasteiger partial charge < -0.3 is 9.84 Å². The summed E-state index contributed by atoms with van der Waals surface area (Å²) in [4.78, 5) is 21.5. The molecule has 1 aromatic carbocycles. The highest BCUT2D eigenvalue weighted by Gasteiger charge is 2.12. The van der Waals surface area contributed by atoms with Crippen molar-refractivity contribution >= 4 is 17.8 Å². The molecule has 4 heteroatoms. The Bertz CT molecular complexity index is 429. The van der Waals surface area contributed by atoms with Gasteiger partial charge in [0.2, 0.25) is 0 Å². The first-order valence-corrected chi connectivity index (χ1v) is 4.64. The van der Waals surface area contributed by atoms with Crippen LogP contribution in [0.15, 0.2) is 29.8 Å². The molecule has 0 fully saturated rings. The molecule has 0 aromatic heterocycles. The monoisotopic (exact) mass is 220 g/mol. The van der Waals surface area contributed by atoms with Gasteiger partial charge in [0.15, 0.2) is 0 Å². The van der Waals surface area contributed by atoms with E-state index in [4.69, 9.17) is 9.84 Å². The van der Waals surface area contributed by atoms with Crippen LogP contribution in [0.25, 0.3) is 6.08 Å².